The van der Waals surface area contributed by atoms with Crippen molar-refractivity contribution in [3.05, 3.63) is 0 Å². The SMILES string of the molecule is CCOC(=O)C1CCN(CCOC2CCC(CC3CCC(F)CC3)CC2)CC1. The zero-order valence-electron chi connectivity index (χ0n) is 17.8. The largest absolute Gasteiger partial charge is 0.466 e. The number of piperidine rings is 1. The number of nitrogens with zero attached hydrogens (tertiary/aromatic N) is 1. The number of alkyl halides is 1. The van der Waals surface area contributed by atoms with Crippen molar-refractivity contribution in [3.63, 3.8) is 0 Å². The maximum absolute atomic E-state index is 13.3. The highest BCUT2D eigenvalue weighted by Crippen LogP contribution is 2.36. The fourth-order valence-electron chi connectivity index (χ4n) is 5.36. The fourth-order valence-corrected chi connectivity index (χ4v) is 5.36. The molecule has 3 aliphatic rings. The Morgan fingerprint density at radius 3 is 2.14 bits per heavy atom. The van der Waals surface area contributed by atoms with E-state index < -0.39 is 6.17 Å². The van der Waals surface area contributed by atoms with E-state index in [1.165, 1.54) is 32.1 Å². The molecule has 0 unspecified atom stereocenters. The minimum atomic E-state index is -0.531. The highest BCUT2D eigenvalue weighted by atomic mass is 19.1. The van der Waals surface area contributed by atoms with Gasteiger partial charge in [-0.3, -0.25) is 4.79 Å². The van der Waals surface area contributed by atoms with Gasteiger partial charge in [0.25, 0.3) is 0 Å². The van der Waals surface area contributed by atoms with Gasteiger partial charge in [-0.15, -0.1) is 0 Å². The molecule has 0 aromatic heterocycles. The first kappa shape index (κ1) is 22.0. The van der Waals surface area contributed by atoms with Crippen LogP contribution in [0, 0.1) is 17.8 Å². The molecule has 2 saturated carbocycles. The lowest BCUT2D eigenvalue weighted by atomic mass is 9.77. The standard InChI is InChI=1S/C23H40FNO3/c1-2-27-23(26)20-11-13-25(14-12-20)15-16-28-22-9-5-19(6-10-22)17-18-3-7-21(24)8-4-18/h18-22H,2-17H2,1H3. The van der Waals surface area contributed by atoms with Crippen molar-refractivity contribution in [2.75, 3.05) is 32.8 Å². The predicted molar refractivity (Wildman–Crippen MR) is 109 cm³/mol. The number of carbonyl (C=O) groups excluding carboxylic acids is 1. The lowest BCUT2D eigenvalue weighted by molar-refractivity contribution is -0.149. The highest BCUT2D eigenvalue weighted by molar-refractivity contribution is 5.72. The van der Waals surface area contributed by atoms with Gasteiger partial charge in [0.1, 0.15) is 6.17 Å². The number of ether oxygens (including phenoxy) is 2. The summed E-state index contributed by atoms with van der Waals surface area (Å²) >= 11 is 0. The molecule has 3 rings (SSSR count). The van der Waals surface area contributed by atoms with Crippen LogP contribution in [0.15, 0.2) is 0 Å². The molecule has 3 fully saturated rings. The summed E-state index contributed by atoms with van der Waals surface area (Å²) in [6, 6.07) is 0. The monoisotopic (exact) mass is 397 g/mol. The third kappa shape index (κ3) is 6.98. The number of carbonyl (C=O) groups is 1. The lowest BCUT2D eigenvalue weighted by Crippen LogP contribution is -2.39. The lowest BCUT2D eigenvalue weighted by Gasteiger charge is -2.34. The van der Waals surface area contributed by atoms with Gasteiger partial charge < -0.3 is 14.4 Å². The summed E-state index contributed by atoms with van der Waals surface area (Å²) in [6.45, 7) is 6.08. The molecule has 0 atom stereocenters. The number of esters is 1. The van der Waals surface area contributed by atoms with Crippen molar-refractivity contribution in [3.8, 4) is 0 Å². The van der Waals surface area contributed by atoms with Gasteiger partial charge in [0, 0.05) is 6.54 Å². The fraction of sp³-hybridized carbons (Fsp3) is 0.957. The molecular weight excluding hydrogens is 357 g/mol. The van der Waals surface area contributed by atoms with Gasteiger partial charge in [-0.25, -0.2) is 4.39 Å². The molecule has 162 valence electrons. The van der Waals surface area contributed by atoms with Gasteiger partial charge in [-0.05, 0) is 102 Å². The molecular formula is C23H40FNO3. The first-order valence-corrected chi connectivity index (χ1v) is 11.8. The molecule has 1 heterocycles. The first-order valence-electron chi connectivity index (χ1n) is 11.8. The number of hydrogen-bond donors (Lipinski definition) is 0. The van der Waals surface area contributed by atoms with Gasteiger partial charge in [-0.2, -0.15) is 0 Å². The third-order valence-corrected chi connectivity index (χ3v) is 7.21. The van der Waals surface area contributed by atoms with Crippen molar-refractivity contribution in [1.82, 2.24) is 4.90 Å². The van der Waals surface area contributed by atoms with Crippen LogP contribution in [0.4, 0.5) is 4.39 Å². The minimum absolute atomic E-state index is 0.0205. The van der Waals surface area contributed by atoms with Gasteiger partial charge in [-0.1, -0.05) is 0 Å². The average Bonchev–Trinajstić information content (AvgIpc) is 2.72. The number of likely N-dealkylation sites (tertiary alicyclic amines) is 1. The van der Waals surface area contributed by atoms with E-state index in [1.54, 1.807) is 0 Å². The van der Waals surface area contributed by atoms with Crippen LogP contribution in [0.1, 0.15) is 77.6 Å². The molecule has 0 N–H and O–H groups in total. The number of rotatable bonds is 8. The Labute approximate surface area is 170 Å². The molecule has 28 heavy (non-hydrogen) atoms. The van der Waals surface area contributed by atoms with Crippen LogP contribution in [-0.4, -0.2) is 56.0 Å². The van der Waals surface area contributed by atoms with Crippen molar-refractivity contribution in [2.45, 2.75) is 89.8 Å². The Morgan fingerprint density at radius 1 is 0.929 bits per heavy atom. The Bertz CT molecular complexity index is 451. The van der Waals surface area contributed by atoms with Crippen molar-refractivity contribution in [2.24, 2.45) is 17.8 Å². The zero-order chi connectivity index (χ0) is 19.8. The third-order valence-electron chi connectivity index (χ3n) is 7.21. The maximum atomic E-state index is 13.3. The van der Waals surface area contributed by atoms with E-state index in [-0.39, 0.29) is 11.9 Å². The summed E-state index contributed by atoms with van der Waals surface area (Å²) in [5.41, 5.74) is 0. The topological polar surface area (TPSA) is 38.8 Å². The van der Waals surface area contributed by atoms with Crippen molar-refractivity contribution in [1.29, 1.82) is 0 Å². The summed E-state index contributed by atoms with van der Waals surface area (Å²) in [6.07, 6.45) is 11.8. The smallest absolute Gasteiger partial charge is 0.309 e. The maximum Gasteiger partial charge on any atom is 0.309 e. The first-order chi connectivity index (χ1) is 13.6. The summed E-state index contributed by atoms with van der Waals surface area (Å²) in [5.74, 6) is 1.68. The van der Waals surface area contributed by atoms with E-state index >= 15 is 0 Å². The van der Waals surface area contributed by atoms with Gasteiger partial charge in [0.05, 0.1) is 25.2 Å². The Kier molecular flexibility index (Phi) is 9.04. The predicted octanol–water partition coefficient (Wildman–Crippen LogP) is 4.76. The molecule has 5 heteroatoms. The van der Waals surface area contributed by atoms with Crippen LogP contribution >= 0.6 is 0 Å². The molecule has 0 aromatic carbocycles. The summed E-state index contributed by atoms with van der Waals surface area (Å²) < 4.78 is 24.6. The second-order valence-corrected chi connectivity index (χ2v) is 9.24. The number of halogens is 1. The molecule has 0 amide bonds. The Hall–Kier alpha value is -0.680. The second-order valence-electron chi connectivity index (χ2n) is 9.24. The Balaban J connectivity index is 1.23. The van der Waals surface area contributed by atoms with Gasteiger partial charge >= 0.3 is 5.97 Å². The van der Waals surface area contributed by atoms with E-state index in [9.17, 15) is 9.18 Å². The van der Waals surface area contributed by atoms with Crippen molar-refractivity contribution < 1.29 is 18.7 Å². The van der Waals surface area contributed by atoms with Crippen LogP contribution in [0.2, 0.25) is 0 Å². The van der Waals surface area contributed by atoms with Crippen molar-refractivity contribution >= 4 is 5.97 Å². The van der Waals surface area contributed by atoms with Crippen LogP contribution < -0.4 is 0 Å². The van der Waals surface area contributed by atoms with E-state index in [1.807, 2.05) is 6.92 Å². The van der Waals surface area contributed by atoms with Gasteiger partial charge in [0.2, 0.25) is 0 Å². The van der Waals surface area contributed by atoms with Gasteiger partial charge in [0.15, 0.2) is 0 Å². The molecule has 2 aliphatic carbocycles. The molecule has 1 saturated heterocycles. The van der Waals surface area contributed by atoms with E-state index in [2.05, 4.69) is 4.90 Å². The van der Waals surface area contributed by atoms with Crippen LogP contribution in [0.25, 0.3) is 0 Å². The van der Waals surface area contributed by atoms with E-state index in [0.29, 0.717) is 12.7 Å². The minimum Gasteiger partial charge on any atom is -0.466 e. The quantitative estimate of drug-likeness (QED) is 0.554. The summed E-state index contributed by atoms with van der Waals surface area (Å²) in [4.78, 5) is 14.2. The summed E-state index contributed by atoms with van der Waals surface area (Å²) in [5, 5.41) is 0. The van der Waals surface area contributed by atoms with Crippen LogP contribution in [0.3, 0.4) is 0 Å². The molecule has 0 radical (unpaired) electrons. The van der Waals surface area contributed by atoms with Crippen LogP contribution in [-0.2, 0) is 14.3 Å². The summed E-state index contributed by atoms with van der Waals surface area (Å²) in [7, 11) is 0. The zero-order valence-corrected chi connectivity index (χ0v) is 17.8. The van der Waals surface area contributed by atoms with E-state index in [0.717, 1.165) is 76.6 Å². The van der Waals surface area contributed by atoms with Crippen LogP contribution in [0.5, 0.6) is 0 Å². The highest BCUT2D eigenvalue weighted by Gasteiger charge is 2.28. The normalized spacial score (nSPS) is 32.9. The molecule has 4 nitrogen and oxygen atoms in total. The molecule has 0 aromatic rings. The average molecular weight is 398 g/mol. The Morgan fingerprint density at radius 2 is 1.54 bits per heavy atom. The second kappa shape index (κ2) is 11.5. The number of hydrogen-bond acceptors (Lipinski definition) is 4. The molecule has 1 aliphatic heterocycles. The molecule has 0 bridgehead atoms. The molecule has 0 spiro atoms. The van der Waals surface area contributed by atoms with E-state index in [4.69, 9.17) is 9.47 Å².